The predicted molar refractivity (Wildman–Crippen MR) is 221 cm³/mol. The summed E-state index contributed by atoms with van der Waals surface area (Å²) in [6, 6.07) is -0.765. The lowest BCUT2D eigenvalue weighted by molar-refractivity contribution is -0.870. The molecule has 8 nitrogen and oxygen atoms in total. The van der Waals surface area contributed by atoms with E-state index in [1.807, 2.05) is 21.1 Å². The smallest absolute Gasteiger partial charge is 0.391 e. The van der Waals surface area contributed by atoms with Crippen LogP contribution < -0.4 is 5.32 Å². The highest BCUT2D eigenvalue weighted by atomic mass is 31.2. The van der Waals surface area contributed by atoms with Gasteiger partial charge in [0.05, 0.1) is 39.9 Å². The first-order chi connectivity index (χ1) is 25.0. The van der Waals surface area contributed by atoms with Crippen LogP contribution in [0.2, 0.25) is 0 Å². The molecule has 3 atom stereocenters. The van der Waals surface area contributed by atoms with Gasteiger partial charge in [0.1, 0.15) is 13.2 Å². The van der Waals surface area contributed by atoms with E-state index in [0.717, 1.165) is 64.2 Å². The molecule has 0 saturated heterocycles. The topological polar surface area (TPSA) is 105 Å². The predicted octanol–water partition coefficient (Wildman–Crippen LogP) is 11.5. The molecular formula is C43H84N2O6P+. The van der Waals surface area contributed by atoms with Crippen LogP contribution in [0.5, 0.6) is 0 Å². The molecule has 0 aliphatic heterocycles. The van der Waals surface area contributed by atoms with Gasteiger partial charge in [0.2, 0.25) is 5.91 Å². The number of amides is 1. The van der Waals surface area contributed by atoms with Gasteiger partial charge in [-0.05, 0) is 51.4 Å². The molecule has 3 unspecified atom stereocenters. The summed E-state index contributed by atoms with van der Waals surface area (Å²) in [6.07, 6.45) is 41.6. The number of phosphoric acid groups is 1. The summed E-state index contributed by atoms with van der Waals surface area (Å²) in [6.45, 7) is 4.82. The van der Waals surface area contributed by atoms with Gasteiger partial charge in [0.15, 0.2) is 0 Å². The molecule has 0 aromatic carbocycles. The van der Waals surface area contributed by atoms with Crippen molar-refractivity contribution in [3.8, 4) is 0 Å². The van der Waals surface area contributed by atoms with Gasteiger partial charge in [-0.3, -0.25) is 13.8 Å². The minimum Gasteiger partial charge on any atom is -0.391 e. The van der Waals surface area contributed by atoms with E-state index < -0.39 is 20.0 Å². The molecule has 0 heterocycles. The van der Waals surface area contributed by atoms with Gasteiger partial charge < -0.3 is 19.8 Å². The molecule has 0 aromatic rings. The zero-order chi connectivity index (χ0) is 38.6. The van der Waals surface area contributed by atoms with Gasteiger partial charge in [0.25, 0.3) is 0 Å². The fourth-order valence-corrected chi connectivity index (χ4v) is 6.67. The Morgan fingerprint density at radius 3 is 1.63 bits per heavy atom. The van der Waals surface area contributed by atoms with Crippen LogP contribution in [0.3, 0.4) is 0 Å². The highest BCUT2D eigenvalue weighted by molar-refractivity contribution is 7.47. The zero-order valence-electron chi connectivity index (χ0n) is 34.5. The number of phosphoric ester groups is 1. The number of unbranched alkanes of at least 4 members (excludes halogenated alkanes) is 19. The van der Waals surface area contributed by atoms with E-state index in [0.29, 0.717) is 23.9 Å². The third-order valence-corrected chi connectivity index (χ3v) is 10.4. The van der Waals surface area contributed by atoms with Crippen LogP contribution in [0.4, 0.5) is 0 Å². The van der Waals surface area contributed by atoms with Crippen molar-refractivity contribution in [3.63, 3.8) is 0 Å². The molecule has 3 N–H and O–H groups in total. The van der Waals surface area contributed by atoms with Crippen molar-refractivity contribution in [1.29, 1.82) is 0 Å². The van der Waals surface area contributed by atoms with Gasteiger partial charge in [-0.25, -0.2) is 4.57 Å². The Bertz CT molecular complexity index is 948. The number of nitrogens with zero attached hydrogens (tertiary/aromatic N) is 1. The summed E-state index contributed by atoms with van der Waals surface area (Å²) in [5.74, 6) is -0.160. The van der Waals surface area contributed by atoms with Crippen molar-refractivity contribution in [2.75, 3.05) is 40.9 Å². The molecule has 0 rings (SSSR count). The van der Waals surface area contributed by atoms with Gasteiger partial charge in [-0.15, -0.1) is 0 Å². The summed E-state index contributed by atoms with van der Waals surface area (Å²) in [5, 5.41) is 13.9. The molecule has 0 spiro atoms. The second-order valence-corrected chi connectivity index (χ2v) is 17.2. The lowest BCUT2D eigenvalue weighted by Gasteiger charge is -2.26. The average Bonchev–Trinajstić information content (AvgIpc) is 3.09. The minimum absolute atomic E-state index is 0.0709. The number of carbonyl (C=O) groups is 1. The number of hydrogen-bond donors (Lipinski definition) is 3. The first-order valence-electron chi connectivity index (χ1n) is 21.4. The van der Waals surface area contributed by atoms with Gasteiger partial charge >= 0.3 is 7.82 Å². The summed E-state index contributed by atoms with van der Waals surface area (Å²) < 4.78 is 23.6. The van der Waals surface area contributed by atoms with E-state index in [9.17, 15) is 19.4 Å². The molecule has 0 aromatic heterocycles. The minimum atomic E-state index is -4.31. The molecule has 0 bridgehead atoms. The third kappa shape index (κ3) is 37.1. The second kappa shape index (κ2) is 35.4. The number of nitrogens with one attached hydrogen (secondary N) is 1. The Morgan fingerprint density at radius 1 is 0.654 bits per heavy atom. The van der Waals surface area contributed by atoms with E-state index in [2.05, 4.69) is 55.6 Å². The van der Waals surface area contributed by atoms with Crippen LogP contribution in [0.25, 0.3) is 0 Å². The molecule has 0 radical (unpaired) electrons. The van der Waals surface area contributed by atoms with Crippen molar-refractivity contribution in [1.82, 2.24) is 5.32 Å². The Balaban J connectivity index is 4.38. The van der Waals surface area contributed by atoms with E-state index in [1.54, 1.807) is 0 Å². The van der Waals surface area contributed by atoms with Crippen LogP contribution >= 0.6 is 7.82 Å². The van der Waals surface area contributed by atoms with E-state index >= 15 is 0 Å². The molecular weight excluding hydrogens is 671 g/mol. The first kappa shape index (κ1) is 50.7. The van der Waals surface area contributed by atoms with E-state index in [1.165, 1.54) is 89.9 Å². The zero-order valence-corrected chi connectivity index (χ0v) is 35.4. The first-order valence-corrected chi connectivity index (χ1v) is 22.8. The lowest BCUT2D eigenvalue weighted by Crippen LogP contribution is -2.46. The Hall–Kier alpha value is -1.28. The number of allylic oxidation sites excluding steroid dienone is 6. The maximum absolute atomic E-state index is 12.8. The number of aliphatic hydroxyl groups excluding tert-OH is 1. The quantitative estimate of drug-likeness (QED) is 0.0251. The number of carbonyl (C=O) groups excluding carboxylic acids is 1. The monoisotopic (exact) mass is 756 g/mol. The van der Waals surface area contributed by atoms with Crippen LogP contribution in [0.15, 0.2) is 36.5 Å². The fraction of sp³-hybridized carbons (Fsp3) is 0.837. The summed E-state index contributed by atoms with van der Waals surface area (Å²) in [5.41, 5.74) is 0. The van der Waals surface area contributed by atoms with Gasteiger partial charge in [0, 0.05) is 6.42 Å². The molecule has 306 valence electrons. The average molecular weight is 756 g/mol. The molecule has 0 saturated carbocycles. The van der Waals surface area contributed by atoms with Gasteiger partial charge in [-0.2, -0.15) is 0 Å². The third-order valence-electron chi connectivity index (χ3n) is 9.39. The lowest BCUT2D eigenvalue weighted by atomic mass is 10.0. The molecule has 9 heteroatoms. The van der Waals surface area contributed by atoms with Crippen molar-refractivity contribution in [2.45, 2.75) is 193 Å². The Morgan fingerprint density at radius 2 is 1.10 bits per heavy atom. The van der Waals surface area contributed by atoms with Crippen molar-refractivity contribution in [3.05, 3.63) is 36.5 Å². The van der Waals surface area contributed by atoms with Gasteiger partial charge in [-0.1, -0.05) is 159 Å². The van der Waals surface area contributed by atoms with E-state index in [-0.39, 0.29) is 19.1 Å². The maximum atomic E-state index is 12.8. The Labute approximate surface area is 321 Å². The normalized spacial score (nSPS) is 14.8. The number of aliphatic hydroxyl groups is 1. The molecule has 0 aliphatic rings. The Kier molecular flexibility index (Phi) is 34.6. The maximum Gasteiger partial charge on any atom is 0.472 e. The van der Waals surface area contributed by atoms with Crippen molar-refractivity contribution < 1.29 is 32.9 Å². The molecule has 0 aliphatic carbocycles. The summed E-state index contributed by atoms with van der Waals surface area (Å²) >= 11 is 0. The number of hydrogen-bond acceptors (Lipinski definition) is 5. The molecule has 52 heavy (non-hydrogen) atoms. The highest BCUT2D eigenvalue weighted by Crippen LogP contribution is 2.43. The second-order valence-electron chi connectivity index (χ2n) is 15.7. The van der Waals surface area contributed by atoms with E-state index in [4.69, 9.17) is 9.05 Å². The van der Waals surface area contributed by atoms with Crippen molar-refractivity contribution in [2.24, 2.45) is 0 Å². The number of rotatable bonds is 38. The SMILES string of the molecule is CCCCC/C=C\C/C=C\C/C=C\CCCCCCCCC(=O)NC(COP(=O)(O)OCC[N+](C)(C)C)C(O)CCCCCCCCCCCCC. The standard InChI is InChI=1S/C43H83N2O6P/c1-6-8-10-12-14-16-18-19-20-21-22-23-24-25-27-29-31-33-35-37-43(47)44-41(40-51-52(48,49)50-39-38-45(3,4)5)42(46)36-34-32-30-28-26-17-15-13-11-9-7-2/h14,16,19-20,22-23,41-42,46H,6-13,15,17-18,21,24-40H2,1-5H3,(H-,44,47,48,49)/p+1/b16-14-,20-19-,23-22-. The largest absolute Gasteiger partial charge is 0.472 e. The molecule has 0 fully saturated rings. The summed E-state index contributed by atoms with van der Waals surface area (Å²) in [7, 11) is 1.60. The van der Waals surface area contributed by atoms with Crippen LogP contribution in [0.1, 0.15) is 181 Å². The van der Waals surface area contributed by atoms with Crippen LogP contribution in [-0.2, 0) is 18.4 Å². The van der Waals surface area contributed by atoms with Crippen LogP contribution in [0, 0.1) is 0 Å². The van der Waals surface area contributed by atoms with Crippen LogP contribution in [-0.4, -0.2) is 73.4 Å². The van der Waals surface area contributed by atoms with Crippen molar-refractivity contribution >= 4 is 13.7 Å². The molecule has 1 amide bonds. The highest BCUT2D eigenvalue weighted by Gasteiger charge is 2.28. The fourth-order valence-electron chi connectivity index (χ4n) is 5.93. The summed E-state index contributed by atoms with van der Waals surface area (Å²) in [4.78, 5) is 23.1. The number of quaternary nitrogens is 1. The number of likely N-dealkylation sites (N-methyl/N-ethyl adjacent to an activating group) is 1.